The second-order valence-electron chi connectivity index (χ2n) is 7.46. The molecule has 1 aliphatic carbocycles. The zero-order chi connectivity index (χ0) is 18.8. The molecule has 4 rings (SSSR count). The highest BCUT2D eigenvalue weighted by Crippen LogP contribution is 2.35. The summed E-state index contributed by atoms with van der Waals surface area (Å²) in [6, 6.07) is 7.76. The Morgan fingerprint density at radius 3 is 2.74 bits per heavy atom. The smallest absolute Gasteiger partial charge is 0.231 e. The third-order valence-corrected chi connectivity index (χ3v) is 6.53. The van der Waals surface area contributed by atoms with E-state index in [9.17, 15) is 9.59 Å². The Kier molecular flexibility index (Phi) is 5.20. The van der Waals surface area contributed by atoms with Gasteiger partial charge >= 0.3 is 0 Å². The molecule has 1 saturated carbocycles. The van der Waals surface area contributed by atoms with Gasteiger partial charge in [0.1, 0.15) is 5.01 Å². The summed E-state index contributed by atoms with van der Waals surface area (Å²) in [5.74, 6) is -0.0407. The number of aromatic nitrogens is 2. The van der Waals surface area contributed by atoms with Crippen LogP contribution in [-0.4, -0.2) is 28.6 Å². The number of amides is 2. The maximum atomic E-state index is 12.7. The molecule has 1 saturated heterocycles. The number of rotatable bonds is 4. The summed E-state index contributed by atoms with van der Waals surface area (Å²) in [6.07, 6.45) is 6.33. The maximum absolute atomic E-state index is 12.7. The summed E-state index contributed by atoms with van der Waals surface area (Å²) >= 11 is 1.47. The predicted octanol–water partition coefficient (Wildman–Crippen LogP) is 3.89. The van der Waals surface area contributed by atoms with Crippen LogP contribution in [0.15, 0.2) is 24.3 Å². The van der Waals surface area contributed by atoms with Crippen molar-refractivity contribution in [2.75, 3.05) is 16.8 Å². The van der Waals surface area contributed by atoms with Gasteiger partial charge in [0.2, 0.25) is 16.9 Å². The molecule has 6 nitrogen and oxygen atoms in total. The average Bonchev–Trinajstić information content (AvgIpc) is 3.30. The van der Waals surface area contributed by atoms with E-state index < -0.39 is 0 Å². The molecule has 2 amide bonds. The number of benzene rings is 1. The molecule has 142 valence electrons. The predicted molar refractivity (Wildman–Crippen MR) is 106 cm³/mol. The van der Waals surface area contributed by atoms with E-state index in [1.165, 1.54) is 30.6 Å². The first kappa shape index (κ1) is 18.1. The molecule has 1 aliphatic heterocycles. The third kappa shape index (κ3) is 3.88. The number of nitrogens with zero attached hydrogens (tertiary/aromatic N) is 3. The van der Waals surface area contributed by atoms with Gasteiger partial charge in [-0.15, -0.1) is 10.2 Å². The van der Waals surface area contributed by atoms with Crippen LogP contribution < -0.4 is 10.2 Å². The lowest BCUT2D eigenvalue weighted by Gasteiger charge is -2.18. The van der Waals surface area contributed by atoms with E-state index in [0.29, 0.717) is 17.6 Å². The molecule has 1 N–H and O–H groups in total. The molecule has 2 aromatic rings. The van der Waals surface area contributed by atoms with E-state index in [4.69, 9.17) is 0 Å². The highest BCUT2D eigenvalue weighted by Gasteiger charge is 2.36. The van der Waals surface area contributed by atoms with E-state index in [1.807, 2.05) is 31.2 Å². The number of hydrogen-bond acceptors (Lipinski definition) is 5. The molecular formula is C20H24N4O2S. The molecule has 7 heteroatoms. The van der Waals surface area contributed by atoms with Crippen LogP contribution >= 0.6 is 11.3 Å². The van der Waals surface area contributed by atoms with Crippen LogP contribution in [0.2, 0.25) is 0 Å². The van der Waals surface area contributed by atoms with E-state index in [-0.39, 0.29) is 24.2 Å². The number of para-hydroxylation sites is 1. The fourth-order valence-corrected chi connectivity index (χ4v) is 4.90. The summed E-state index contributed by atoms with van der Waals surface area (Å²) in [6.45, 7) is 2.38. The monoisotopic (exact) mass is 384 g/mol. The van der Waals surface area contributed by atoms with Crippen molar-refractivity contribution < 1.29 is 9.59 Å². The molecule has 0 spiro atoms. The molecule has 1 aromatic carbocycles. The molecule has 27 heavy (non-hydrogen) atoms. The van der Waals surface area contributed by atoms with Gasteiger partial charge in [0.25, 0.3) is 0 Å². The average molecular weight is 385 g/mol. The lowest BCUT2D eigenvalue weighted by Crippen LogP contribution is -2.28. The van der Waals surface area contributed by atoms with Gasteiger partial charge in [0.05, 0.1) is 5.92 Å². The number of carbonyl (C=O) groups is 2. The topological polar surface area (TPSA) is 75.2 Å². The lowest BCUT2D eigenvalue weighted by atomic mass is 9.90. The van der Waals surface area contributed by atoms with E-state index in [1.54, 1.807) is 4.90 Å². The van der Waals surface area contributed by atoms with Gasteiger partial charge in [-0.3, -0.25) is 9.59 Å². The molecule has 1 atom stereocenters. The number of hydrogen-bond donors (Lipinski definition) is 1. The summed E-state index contributed by atoms with van der Waals surface area (Å²) < 4.78 is 0. The number of anilines is 2. The first-order chi connectivity index (χ1) is 13.1. The highest BCUT2D eigenvalue weighted by atomic mass is 32.1. The van der Waals surface area contributed by atoms with Crippen molar-refractivity contribution in [2.24, 2.45) is 5.92 Å². The molecular weight excluding hydrogens is 360 g/mol. The third-order valence-electron chi connectivity index (χ3n) is 5.53. The molecule has 1 aromatic heterocycles. The Morgan fingerprint density at radius 2 is 1.96 bits per heavy atom. The Labute approximate surface area is 163 Å². The van der Waals surface area contributed by atoms with Crippen LogP contribution in [-0.2, 0) is 9.59 Å². The quantitative estimate of drug-likeness (QED) is 0.868. The Hall–Kier alpha value is -2.28. The van der Waals surface area contributed by atoms with Gasteiger partial charge in [-0.2, -0.15) is 0 Å². The zero-order valence-electron chi connectivity index (χ0n) is 15.5. The molecule has 2 aliphatic rings. The van der Waals surface area contributed by atoms with Gasteiger partial charge in [-0.1, -0.05) is 48.8 Å². The van der Waals surface area contributed by atoms with Crippen LogP contribution in [0, 0.1) is 12.8 Å². The second kappa shape index (κ2) is 7.76. The van der Waals surface area contributed by atoms with Crippen molar-refractivity contribution in [3.63, 3.8) is 0 Å². The van der Waals surface area contributed by atoms with Crippen LogP contribution in [0.1, 0.15) is 55.0 Å². The number of carbonyl (C=O) groups excluding carboxylic acids is 2. The van der Waals surface area contributed by atoms with Gasteiger partial charge in [-0.25, -0.2) is 0 Å². The summed E-state index contributed by atoms with van der Waals surface area (Å²) in [4.78, 5) is 26.8. The minimum absolute atomic E-state index is 0.00962. The summed E-state index contributed by atoms with van der Waals surface area (Å²) in [5, 5.41) is 12.9. The Balaban J connectivity index is 1.40. The highest BCUT2D eigenvalue weighted by molar-refractivity contribution is 7.15. The first-order valence-electron chi connectivity index (χ1n) is 9.62. The SMILES string of the molecule is Cc1ccccc1N1C[C@H](C(=O)Nc2nnc(C3CCCCC3)s2)CC1=O. The second-order valence-corrected chi connectivity index (χ2v) is 8.47. The van der Waals surface area contributed by atoms with E-state index in [2.05, 4.69) is 15.5 Å². The van der Waals surface area contributed by atoms with Crippen molar-refractivity contribution in [3.05, 3.63) is 34.8 Å². The van der Waals surface area contributed by atoms with Crippen molar-refractivity contribution in [3.8, 4) is 0 Å². The fraction of sp³-hybridized carbons (Fsp3) is 0.500. The molecule has 2 fully saturated rings. The van der Waals surface area contributed by atoms with Crippen molar-refractivity contribution in [1.82, 2.24) is 10.2 Å². The number of nitrogens with one attached hydrogen (secondary N) is 1. The molecule has 0 radical (unpaired) electrons. The zero-order valence-corrected chi connectivity index (χ0v) is 16.3. The van der Waals surface area contributed by atoms with E-state index >= 15 is 0 Å². The summed E-state index contributed by atoms with van der Waals surface area (Å²) in [7, 11) is 0. The molecule has 0 unspecified atom stereocenters. The van der Waals surface area contributed by atoms with Gasteiger partial charge in [0.15, 0.2) is 0 Å². The van der Waals surface area contributed by atoms with Crippen LogP contribution in [0.3, 0.4) is 0 Å². The van der Waals surface area contributed by atoms with Crippen LogP contribution in [0.25, 0.3) is 0 Å². The van der Waals surface area contributed by atoms with Gasteiger partial charge in [0, 0.05) is 24.6 Å². The number of aryl methyl sites for hydroxylation is 1. The van der Waals surface area contributed by atoms with Crippen molar-refractivity contribution >= 4 is 34.0 Å². The Morgan fingerprint density at radius 1 is 1.19 bits per heavy atom. The van der Waals surface area contributed by atoms with Crippen molar-refractivity contribution in [2.45, 2.75) is 51.4 Å². The molecule has 2 heterocycles. The van der Waals surface area contributed by atoms with Gasteiger partial charge < -0.3 is 10.2 Å². The minimum Gasteiger partial charge on any atom is -0.311 e. The van der Waals surface area contributed by atoms with Crippen LogP contribution in [0.4, 0.5) is 10.8 Å². The van der Waals surface area contributed by atoms with Crippen molar-refractivity contribution in [1.29, 1.82) is 0 Å². The van der Waals surface area contributed by atoms with Crippen LogP contribution in [0.5, 0.6) is 0 Å². The fourth-order valence-electron chi connectivity index (χ4n) is 3.99. The molecule has 0 bridgehead atoms. The lowest BCUT2D eigenvalue weighted by molar-refractivity contribution is -0.122. The van der Waals surface area contributed by atoms with Gasteiger partial charge in [-0.05, 0) is 31.4 Å². The maximum Gasteiger partial charge on any atom is 0.231 e. The largest absolute Gasteiger partial charge is 0.311 e. The Bertz CT molecular complexity index is 844. The standard InChI is InChI=1S/C20H24N4O2S/c1-13-7-5-6-10-16(13)24-12-15(11-17(24)25)18(26)21-20-23-22-19(27-20)14-8-3-2-4-9-14/h5-7,10,14-15H,2-4,8-9,11-12H2,1H3,(H,21,23,26)/t15-/m1/s1. The summed E-state index contributed by atoms with van der Waals surface area (Å²) in [5.41, 5.74) is 1.92. The normalized spacial score (nSPS) is 20.9. The van der Waals surface area contributed by atoms with E-state index in [0.717, 1.165) is 29.1 Å². The first-order valence-corrected chi connectivity index (χ1v) is 10.4. The minimum atomic E-state index is -0.362.